The van der Waals surface area contributed by atoms with Gasteiger partial charge in [-0.2, -0.15) is 5.10 Å². The lowest BCUT2D eigenvalue weighted by Gasteiger charge is -2.12. The highest BCUT2D eigenvalue weighted by atomic mass is 16.5. The second-order valence-electron chi connectivity index (χ2n) is 4.80. The van der Waals surface area contributed by atoms with E-state index in [1.165, 1.54) is 0 Å². The van der Waals surface area contributed by atoms with E-state index < -0.39 is 6.10 Å². The molecule has 0 amide bonds. The first-order valence-corrected chi connectivity index (χ1v) is 6.74. The molecule has 1 atom stereocenters. The molecule has 2 aromatic heterocycles. The Balaban J connectivity index is 1.74. The number of aliphatic hydroxyl groups excluding tert-OH is 1. The molecule has 0 aliphatic heterocycles. The highest BCUT2D eigenvalue weighted by Crippen LogP contribution is 2.20. The van der Waals surface area contributed by atoms with Crippen LogP contribution in [0.2, 0.25) is 0 Å². The van der Waals surface area contributed by atoms with Gasteiger partial charge in [0.05, 0.1) is 31.6 Å². The average Bonchev–Trinajstić information content (AvgIpc) is 3.18. The van der Waals surface area contributed by atoms with Gasteiger partial charge in [0.1, 0.15) is 5.75 Å². The second-order valence-corrected chi connectivity index (χ2v) is 4.80. The Morgan fingerprint density at radius 2 is 2.05 bits per heavy atom. The van der Waals surface area contributed by atoms with E-state index >= 15 is 0 Å². The molecule has 3 aromatic rings. The van der Waals surface area contributed by atoms with Gasteiger partial charge in [-0.15, -0.1) is 0 Å². The summed E-state index contributed by atoms with van der Waals surface area (Å²) in [5.41, 5.74) is 1.78. The summed E-state index contributed by atoms with van der Waals surface area (Å²) in [7, 11) is 1.61. The quantitative estimate of drug-likeness (QED) is 0.782. The van der Waals surface area contributed by atoms with Gasteiger partial charge in [-0.1, -0.05) is 12.1 Å². The maximum Gasteiger partial charge on any atom is 0.119 e. The lowest BCUT2D eigenvalue weighted by molar-refractivity contribution is 0.151. The highest BCUT2D eigenvalue weighted by molar-refractivity contribution is 5.30. The maximum absolute atomic E-state index is 10.3. The lowest BCUT2D eigenvalue weighted by Crippen LogP contribution is -2.09. The third-order valence-electron chi connectivity index (χ3n) is 3.36. The Labute approximate surface area is 123 Å². The van der Waals surface area contributed by atoms with Crippen LogP contribution in [-0.4, -0.2) is 26.6 Å². The monoisotopic (exact) mass is 283 g/mol. The van der Waals surface area contributed by atoms with Crippen LogP contribution in [-0.2, 0) is 6.54 Å². The number of nitrogens with zero attached hydrogens (tertiary/aromatic N) is 3. The number of aromatic nitrogens is 3. The molecule has 21 heavy (non-hydrogen) atoms. The normalized spacial score (nSPS) is 12.3. The van der Waals surface area contributed by atoms with Gasteiger partial charge in [0.15, 0.2) is 0 Å². The van der Waals surface area contributed by atoms with E-state index in [1.54, 1.807) is 18.0 Å². The van der Waals surface area contributed by atoms with Gasteiger partial charge in [-0.25, -0.2) is 0 Å². The zero-order valence-electron chi connectivity index (χ0n) is 11.8. The van der Waals surface area contributed by atoms with Crippen molar-refractivity contribution in [2.24, 2.45) is 0 Å². The molecule has 108 valence electrons. The summed E-state index contributed by atoms with van der Waals surface area (Å²) in [6.45, 7) is 0.397. The van der Waals surface area contributed by atoms with Crippen molar-refractivity contribution in [2.45, 2.75) is 12.6 Å². The van der Waals surface area contributed by atoms with Gasteiger partial charge >= 0.3 is 0 Å². The van der Waals surface area contributed by atoms with Gasteiger partial charge in [0.2, 0.25) is 0 Å². The van der Waals surface area contributed by atoms with Crippen LogP contribution >= 0.6 is 0 Å². The molecule has 1 aromatic carbocycles. The number of ether oxygens (including phenoxy) is 1. The minimum absolute atomic E-state index is 0.397. The third-order valence-corrected chi connectivity index (χ3v) is 3.36. The first-order chi connectivity index (χ1) is 10.3. The number of rotatable bonds is 5. The molecule has 2 heterocycles. The molecule has 1 unspecified atom stereocenters. The second kappa shape index (κ2) is 5.85. The van der Waals surface area contributed by atoms with Gasteiger partial charge in [-0.3, -0.25) is 4.68 Å². The van der Waals surface area contributed by atoms with Crippen molar-refractivity contribution in [3.8, 4) is 11.4 Å². The van der Waals surface area contributed by atoms with Crippen molar-refractivity contribution in [2.75, 3.05) is 7.11 Å². The molecule has 0 bridgehead atoms. The fraction of sp³-hybridized carbons (Fsp3) is 0.188. The largest absolute Gasteiger partial charge is 0.497 e. The average molecular weight is 283 g/mol. The zero-order chi connectivity index (χ0) is 14.7. The van der Waals surface area contributed by atoms with Crippen molar-refractivity contribution >= 4 is 0 Å². The van der Waals surface area contributed by atoms with Crippen molar-refractivity contribution in [3.05, 3.63) is 66.7 Å². The zero-order valence-corrected chi connectivity index (χ0v) is 11.8. The van der Waals surface area contributed by atoms with Crippen LogP contribution in [0.4, 0.5) is 0 Å². The Kier molecular flexibility index (Phi) is 3.75. The number of hydrogen-bond donors (Lipinski definition) is 1. The fourth-order valence-corrected chi connectivity index (χ4v) is 2.22. The van der Waals surface area contributed by atoms with Gasteiger partial charge in [0, 0.05) is 18.6 Å². The predicted octanol–water partition coefficient (Wildman–Crippen LogP) is 2.42. The molecule has 0 aliphatic rings. The van der Waals surface area contributed by atoms with Gasteiger partial charge < -0.3 is 14.4 Å². The van der Waals surface area contributed by atoms with Crippen LogP contribution in [0, 0.1) is 0 Å². The summed E-state index contributed by atoms with van der Waals surface area (Å²) in [6.07, 6.45) is 6.97. The molecule has 5 nitrogen and oxygen atoms in total. The summed E-state index contributed by atoms with van der Waals surface area (Å²) in [5.74, 6) is 0.736. The van der Waals surface area contributed by atoms with Crippen LogP contribution in [0.5, 0.6) is 5.75 Å². The Morgan fingerprint density at radius 1 is 1.24 bits per heavy atom. The van der Waals surface area contributed by atoms with Crippen LogP contribution < -0.4 is 4.74 Å². The molecule has 0 saturated heterocycles. The predicted molar refractivity (Wildman–Crippen MR) is 79.5 cm³/mol. The van der Waals surface area contributed by atoms with E-state index in [0.717, 1.165) is 17.0 Å². The molecule has 5 heteroatoms. The molecule has 0 saturated carbocycles. The molecule has 0 spiro atoms. The van der Waals surface area contributed by atoms with E-state index in [1.807, 2.05) is 59.6 Å². The van der Waals surface area contributed by atoms with Crippen LogP contribution in [0.3, 0.4) is 0 Å². The highest BCUT2D eigenvalue weighted by Gasteiger charge is 2.10. The van der Waals surface area contributed by atoms with Crippen molar-refractivity contribution in [1.29, 1.82) is 0 Å². The fourth-order valence-electron chi connectivity index (χ4n) is 2.22. The topological polar surface area (TPSA) is 52.2 Å². The summed E-state index contributed by atoms with van der Waals surface area (Å²) in [5, 5.41) is 14.6. The number of aliphatic hydroxyl groups is 1. The van der Waals surface area contributed by atoms with Crippen LogP contribution in [0.25, 0.3) is 5.69 Å². The van der Waals surface area contributed by atoms with Crippen molar-refractivity contribution < 1.29 is 9.84 Å². The molecular weight excluding hydrogens is 266 g/mol. The standard InChI is InChI=1S/C16H17N3O2/c1-21-15-6-4-5-13(9-15)16(20)12-19-11-14(10-17-19)18-7-2-3-8-18/h2-11,16,20H,12H2,1H3. The molecular formula is C16H17N3O2. The molecule has 0 aliphatic carbocycles. The summed E-state index contributed by atoms with van der Waals surface area (Å²) in [6, 6.07) is 11.4. The molecule has 0 fully saturated rings. The summed E-state index contributed by atoms with van der Waals surface area (Å²) >= 11 is 0. The van der Waals surface area contributed by atoms with E-state index in [-0.39, 0.29) is 0 Å². The number of methoxy groups -OCH3 is 1. The van der Waals surface area contributed by atoms with Crippen LogP contribution in [0.15, 0.2) is 61.2 Å². The SMILES string of the molecule is COc1cccc(C(O)Cn2cc(-n3cccc3)cn2)c1. The number of hydrogen-bond acceptors (Lipinski definition) is 3. The summed E-state index contributed by atoms with van der Waals surface area (Å²) in [4.78, 5) is 0. The Hall–Kier alpha value is -2.53. The van der Waals surface area contributed by atoms with Crippen molar-refractivity contribution in [1.82, 2.24) is 14.3 Å². The smallest absolute Gasteiger partial charge is 0.119 e. The van der Waals surface area contributed by atoms with Crippen molar-refractivity contribution in [3.63, 3.8) is 0 Å². The summed E-state index contributed by atoms with van der Waals surface area (Å²) < 4.78 is 8.88. The van der Waals surface area contributed by atoms with E-state index in [0.29, 0.717) is 6.54 Å². The van der Waals surface area contributed by atoms with E-state index in [9.17, 15) is 5.11 Å². The minimum atomic E-state index is -0.627. The van der Waals surface area contributed by atoms with E-state index in [2.05, 4.69) is 5.10 Å². The minimum Gasteiger partial charge on any atom is -0.497 e. The van der Waals surface area contributed by atoms with Gasteiger partial charge in [-0.05, 0) is 29.8 Å². The molecule has 0 radical (unpaired) electrons. The number of benzene rings is 1. The molecule has 1 N–H and O–H groups in total. The molecule has 3 rings (SSSR count). The first-order valence-electron chi connectivity index (χ1n) is 6.74. The Bertz CT molecular complexity index is 704. The van der Waals surface area contributed by atoms with Gasteiger partial charge in [0.25, 0.3) is 0 Å². The third kappa shape index (κ3) is 2.98. The maximum atomic E-state index is 10.3. The first kappa shape index (κ1) is 13.5. The lowest BCUT2D eigenvalue weighted by atomic mass is 10.1. The Morgan fingerprint density at radius 3 is 2.81 bits per heavy atom. The van der Waals surface area contributed by atoms with Crippen LogP contribution in [0.1, 0.15) is 11.7 Å². The van der Waals surface area contributed by atoms with E-state index in [4.69, 9.17) is 4.74 Å².